The van der Waals surface area contributed by atoms with Gasteiger partial charge in [0, 0.05) is 11.8 Å². The highest BCUT2D eigenvalue weighted by Gasteiger charge is 1.99. The molecule has 0 aliphatic heterocycles. The third kappa shape index (κ3) is 3.59. The molecule has 3 nitrogen and oxygen atoms in total. The predicted octanol–water partition coefficient (Wildman–Crippen LogP) is 2.62. The second-order valence-corrected chi connectivity index (χ2v) is 3.16. The van der Waals surface area contributed by atoms with Gasteiger partial charge in [-0.3, -0.25) is 0 Å². The molecule has 0 unspecified atom stereocenters. The van der Waals surface area contributed by atoms with E-state index in [0.717, 1.165) is 18.5 Å². The van der Waals surface area contributed by atoms with Crippen molar-refractivity contribution >= 4 is 11.6 Å². The van der Waals surface area contributed by atoms with E-state index in [1.54, 1.807) is 6.07 Å². The minimum absolute atomic E-state index is 0.242. The van der Waals surface area contributed by atoms with Gasteiger partial charge >= 0.3 is 0 Å². The normalized spacial score (nSPS) is 10.1. The molecule has 1 heterocycles. The van der Waals surface area contributed by atoms with Crippen molar-refractivity contribution in [3.8, 4) is 5.88 Å². The highest BCUT2D eigenvalue weighted by molar-refractivity contribution is 6.28. The first kappa shape index (κ1) is 10.3. The number of aromatic nitrogens is 2. The minimum atomic E-state index is 0.242. The number of rotatable bonds is 4. The Morgan fingerprint density at radius 2 is 2.23 bits per heavy atom. The van der Waals surface area contributed by atoms with Crippen molar-refractivity contribution < 1.29 is 4.74 Å². The Labute approximate surface area is 83.1 Å². The minimum Gasteiger partial charge on any atom is -0.478 e. The predicted molar refractivity (Wildman–Crippen MR) is 52.2 cm³/mol. The lowest BCUT2D eigenvalue weighted by Crippen LogP contribution is -2.00. The van der Waals surface area contributed by atoms with Crippen molar-refractivity contribution in [2.75, 3.05) is 6.61 Å². The van der Waals surface area contributed by atoms with E-state index in [-0.39, 0.29) is 5.28 Å². The van der Waals surface area contributed by atoms with Gasteiger partial charge in [-0.15, -0.1) is 0 Å². The molecular weight excluding hydrogens is 188 g/mol. The first-order valence-corrected chi connectivity index (χ1v) is 4.74. The number of unbranched alkanes of at least 4 members (excludes halogenated alkanes) is 1. The highest BCUT2D eigenvalue weighted by atomic mass is 35.5. The third-order valence-electron chi connectivity index (χ3n) is 1.55. The van der Waals surface area contributed by atoms with Gasteiger partial charge in [0.1, 0.15) is 0 Å². The first-order valence-electron chi connectivity index (χ1n) is 4.36. The summed E-state index contributed by atoms with van der Waals surface area (Å²) in [6, 6.07) is 1.78. The number of ether oxygens (including phenoxy) is 1. The van der Waals surface area contributed by atoms with Gasteiger partial charge in [0.15, 0.2) is 0 Å². The molecule has 0 spiro atoms. The Kier molecular flexibility index (Phi) is 3.96. The summed E-state index contributed by atoms with van der Waals surface area (Å²) in [5, 5.41) is 0.242. The van der Waals surface area contributed by atoms with Gasteiger partial charge in [-0.25, -0.2) is 4.98 Å². The van der Waals surface area contributed by atoms with Crippen LogP contribution in [0.3, 0.4) is 0 Å². The molecule has 13 heavy (non-hydrogen) atoms. The van der Waals surface area contributed by atoms with Crippen molar-refractivity contribution in [2.24, 2.45) is 0 Å². The van der Waals surface area contributed by atoms with Crippen LogP contribution >= 0.6 is 11.6 Å². The van der Waals surface area contributed by atoms with Gasteiger partial charge in [-0.1, -0.05) is 13.3 Å². The summed E-state index contributed by atoms with van der Waals surface area (Å²) >= 11 is 5.66. The Bertz CT molecular complexity index is 258. The molecule has 0 saturated carbocycles. The largest absolute Gasteiger partial charge is 0.478 e. The van der Waals surface area contributed by atoms with Crippen molar-refractivity contribution in [1.29, 1.82) is 0 Å². The van der Waals surface area contributed by atoms with Crippen LogP contribution < -0.4 is 4.74 Å². The molecule has 0 aromatic carbocycles. The van der Waals surface area contributed by atoms with Gasteiger partial charge in [-0.2, -0.15) is 4.98 Å². The van der Waals surface area contributed by atoms with Crippen molar-refractivity contribution in [3.63, 3.8) is 0 Å². The molecule has 1 rings (SSSR count). The second-order valence-electron chi connectivity index (χ2n) is 2.82. The van der Waals surface area contributed by atoms with Crippen LogP contribution in [0.2, 0.25) is 5.28 Å². The molecule has 0 fully saturated rings. The lowest BCUT2D eigenvalue weighted by Gasteiger charge is -2.04. The Hall–Kier alpha value is -0.830. The standard InChI is InChI=1S/C9H13ClN2O/c1-3-4-5-13-8-6-7(2)11-9(10)12-8/h6H,3-5H2,1-2H3. The average molecular weight is 201 g/mol. The summed E-state index contributed by atoms with van der Waals surface area (Å²) in [5.74, 6) is 0.561. The maximum atomic E-state index is 5.66. The van der Waals surface area contributed by atoms with Crippen LogP contribution in [0.1, 0.15) is 25.5 Å². The van der Waals surface area contributed by atoms with Crippen LogP contribution in [0, 0.1) is 6.92 Å². The number of nitrogens with zero attached hydrogens (tertiary/aromatic N) is 2. The van der Waals surface area contributed by atoms with Crippen LogP contribution in [0.5, 0.6) is 5.88 Å². The SMILES string of the molecule is CCCCOc1cc(C)nc(Cl)n1. The van der Waals surface area contributed by atoms with Crippen molar-refractivity contribution in [1.82, 2.24) is 9.97 Å². The van der Waals surface area contributed by atoms with Gasteiger partial charge in [0.05, 0.1) is 6.61 Å². The lowest BCUT2D eigenvalue weighted by molar-refractivity contribution is 0.297. The topological polar surface area (TPSA) is 35.0 Å². The van der Waals surface area contributed by atoms with Crippen LogP contribution in [0.15, 0.2) is 6.07 Å². The van der Waals surface area contributed by atoms with Gasteiger partial charge < -0.3 is 4.74 Å². The third-order valence-corrected chi connectivity index (χ3v) is 1.72. The van der Waals surface area contributed by atoms with E-state index in [1.807, 2.05) is 6.92 Å². The molecule has 4 heteroatoms. The quantitative estimate of drug-likeness (QED) is 0.554. The molecule has 0 amide bonds. The van der Waals surface area contributed by atoms with Crippen LogP contribution in [-0.4, -0.2) is 16.6 Å². The summed E-state index contributed by atoms with van der Waals surface area (Å²) in [4.78, 5) is 7.87. The fraction of sp³-hybridized carbons (Fsp3) is 0.556. The van der Waals surface area contributed by atoms with Crippen molar-refractivity contribution in [3.05, 3.63) is 17.0 Å². The van der Waals surface area contributed by atoms with Crippen LogP contribution in [-0.2, 0) is 0 Å². The molecular formula is C9H13ClN2O. The molecule has 0 aliphatic rings. The zero-order valence-electron chi connectivity index (χ0n) is 7.88. The van der Waals surface area contributed by atoms with Gasteiger partial charge in [0.2, 0.25) is 11.2 Å². The Morgan fingerprint density at radius 1 is 1.46 bits per heavy atom. The molecule has 0 bridgehead atoms. The van der Waals surface area contributed by atoms with Crippen LogP contribution in [0.4, 0.5) is 0 Å². The fourth-order valence-electron chi connectivity index (χ4n) is 0.900. The van der Waals surface area contributed by atoms with E-state index in [9.17, 15) is 0 Å². The monoisotopic (exact) mass is 200 g/mol. The van der Waals surface area contributed by atoms with E-state index in [2.05, 4.69) is 16.9 Å². The number of hydrogen-bond donors (Lipinski definition) is 0. The first-order chi connectivity index (χ1) is 6.22. The molecule has 0 atom stereocenters. The number of aryl methyl sites for hydroxylation is 1. The number of hydrogen-bond acceptors (Lipinski definition) is 3. The Morgan fingerprint density at radius 3 is 2.85 bits per heavy atom. The summed E-state index contributed by atoms with van der Waals surface area (Å²) < 4.78 is 5.37. The number of halogens is 1. The lowest BCUT2D eigenvalue weighted by atomic mass is 10.4. The summed E-state index contributed by atoms with van der Waals surface area (Å²) in [5.41, 5.74) is 0.825. The highest BCUT2D eigenvalue weighted by Crippen LogP contribution is 2.12. The van der Waals surface area contributed by atoms with Gasteiger partial charge in [-0.05, 0) is 24.9 Å². The molecule has 0 radical (unpaired) electrons. The fourth-order valence-corrected chi connectivity index (χ4v) is 1.12. The van der Waals surface area contributed by atoms with E-state index in [0.29, 0.717) is 12.5 Å². The molecule has 72 valence electrons. The maximum absolute atomic E-state index is 5.66. The van der Waals surface area contributed by atoms with Crippen molar-refractivity contribution in [2.45, 2.75) is 26.7 Å². The average Bonchev–Trinajstić information content (AvgIpc) is 2.03. The molecule has 1 aromatic heterocycles. The van der Waals surface area contributed by atoms with Crippen LogP contribution in [0.25, 0.3) is 0 Å². The molecule has 0 N–H and O–H groups in total. The summed E-state index contributed by atoms with van der Waals surface area (Å²) in [7, 11) is 0. The Balaban J connectivity index is 2.56. The van der Waals surface area contributed by atoms with Gasteiger partial charge in [0.25, 0.3) is 0 Å². The van der Waals surface area contributed by atoms with E-state index in [4.69, 9.17) is 16.3 Å². The summed E-state index contributed by atoms with van der Waals surface area (Å²) in [6.07, 6.45) is 2.14. The van der Waals surface area contributed by atoms with E-state index >= 15 is 0 Å². The zero-order valence-corrected chi connectivity index (χ0v) is 8.64. The van der Waals surface area contributed by atoms with E-state index in [1.165, 1.54) is 0 Å². The second kappa shape index (κ2) is 5.02. The maximum Gasteiger partial charge on any atom is 0.225 e. The smallest absolute Gasteiger partial charge is 0.225 e. The summed E-state index contributed by atoms with van der Waals surface area (Å²) in [6.45, 7) is 4.66. The zero-order chi connectivity index (χ0) is 9.68. The molecule has 0 aliphatic carbocycles. The molecule has 0 saturated heterocycles. The van der Waals surface area contributed by atoms with E-state index < -0.39 is 0 Å². The molecule has 1 aromatic rings.